The van der Waals surface area contributed by atoms with E-state index < -0.39 is 15.8 Å². The third kappa shape index (κ3) is 3.03. The van der Waals surface area contributed by atoms with Gasteiger partial charge in [-0.3, -0.25) is 4.79 Å². The fourth-order valence-electron chi connectivity index (χ4n) is 3.00. The lowest BCUT2D eigenvalue weighted by Crippen LogP contribution is -2.11. The van der Waals surface area contributed by atoms with Crippen molar-refractivity contribution in [3.63, 3.8) is 0 Å². The van der Waals surface area contributed by atoms with Gasteiger partial charge in [0.25, 0.3) is 0 Å². The van der Waals surface area contributed by atoms with Gasteiger partial charge in [0.1, 0.15) is 11.4 Å². The lowest BCUT2D eigenvalue weighted by Gasteiger charge is -2.07. The second kappa shape index (κ2) is 6.20. The largest absolute Gasteiger partial charge is 0.480 e. The number of aliphatic carboxylic acids is 1. The summed E-state index contributed by atoms with van der Waals surface area (Å²) in [7, 11) is -3.85. The molecule has 3 rings (SSSR count). The zero-order valence-electron chi connectivity index (χ0n) is 13.7. The molecule has 130 valence electrons. The highest BCUT2D eigenvalue weighted by molar-refractivity contribution is 7.91. The van der Waals surface area contributed by atoms with Gasteiger partial charge >= 0.3 is 5.97 Å². The number of rotatable bonds is 4. The quantitative estimate of drug-likeness (QED) is 0.749. The van der Waals surface area contributed by atoms with Crippen molar-refractivity contribution in [1.29, 1.82) is 0 Å². The second-order valence-electron chi connectivity index (χ2n) is 5.88. The fourth-order valence-corrected chi connectivity index (χ4v) is 4.98. The number of carboxylic acid groups (broad SMARTS) is 1. The maximum Gasteiger partial charge on any atom is 0.323 e. The SMILES string of the molecule is Cc1ccc2c(c1)c(S(=O)(=O)c1cccc(Cl)c1)c(C)n2CC(=O)O. The van der Waals surface area contributed by atoms with Crippen LogP contribution in [0.15, 0.2) is 52.3 Å². The molecule has 3 aromatic rings. The molecule has 1 heterocycles. The molecule has 0 fully saturated rings. The van der Waals surface area contributed by atoms with Gasteiger partial charge in [-0.25, -0.2) is 8.42 Å². The van der Waals surface area contributed by atoms with E-state index in [9.17, 15) is 18.3 Å². The van der Waals surface area contributed by atoms with Crippen LogP contribution >= 0.6 is 11.6 Å². The van der Waals surface area contributed by atoms with E-state index in [2.05, 4.69) is 0 Å². The first-order valence-corrected chi connectivity index (χ1v) is 9.40. The number of halogens is 1. The van der Waals surface area contributed by atoms with Gasteiger partial charge in [-0.2, -0.15) is 0 Å². The lowest BCUT2D eigenvalue weighted by molar-refractivity contribution is -0.137. The van der Waals surface area contributed by atoms with Gasteiger partial charge in [0, 0.05) is 16.1 Å². The van der Waals surface area contributed by atoms with Crippen molar-refractivity contribution in [2.75, 3.05) is 0 Å². The molecule has 0 aliphatic rings. The number of carbonyl (C=O) groups is 1. The molecule has 2 aromatic carbocycles. The number of benzene rings is 2. The van der Waals surface area contributed by atoms with Crippen molar-refractivity contribution in [2.24, 2.45) is 0 Å². The van der Waals surface area contributed by atoms with Gasteiger partial charge in [-0.1, -0.05) is 29.3 Å². The minimum Gasteiger partial charge on any atom is -0.480 e. The van der Waals surface area contributed by atoms with E-state index in [1.54, 1.807) is 31.2 Å². The average Bonchev–Trinajstić information content (AvgIpc) is 2.79. The van der Waals surface area contributed by atoms with Gasteiger partial charge in [0.2, 0.25) is 9.84 Å². The summed E-state index contributed by atoms with van der Waals surface area (Å²) < 4.78 is 27.9. The summed E-state index contributed by atoms with van der Waals surface area (Å²) >= 11 is 5.95. The van der Waals surface area contributed by atoms with Crippen molar-refractivity contribution in [3.8, 4) is 0 Å². The van der Waals surface area contributed by atoms with E-state index in [0.29, 0.717) is 21.6 Å². The Bertz CT molecular complexity index is 1100. The molecule has 0 saturated carbocycles. The Hall–Kier alpha value is -2.31. The van der Waals surface area contributed by atoms with Crippen LogP contribution in [0.1, 0.15) is 11.3 Å². The molecule has 0 saturated heterocycles. The number of hydrogen-bond donors (Lipinski definition) is 1. The van der Waals surface area contributed by atoms with E-state index in [-0.39, 0.29) is 16.3 Å². The number of fused-ring (bicyclic) bond motifs is 1. The number of nitrogens with zero attached hydrogens (tertiary/aromatic N) is 1. The molecule has 0 spiro atoms. The van der Waals surface area contributed by atoms with Crippen LogP contribution in [0.5, 0.6) is 0 Å². The molecule has 0 atom stereocenters. The third-order valence-electron chi connectivity index (χ3n) is 4.09. The summed E-state index contributed by atoms with van der Waals surface area (Å²) in [5, 5.41) is 10.0. The minimum atomic E-state index is -3.85. The molecule has 0 radical (unpaired) electrons. The first-order valence-electron chi connectivity index (χ1n) is 7.53. The normalized spacial score (nSPS) is 11.8. The van der Waals surface area contributed by atoms with E-state index in [1.165, 1.54) is 16.7 Å². The Balaban J connectivity index is 2.37. The van der Waals surface area contributed by atoms with Gasteiger partial charge in [0.15, 0.2) is 0 Å². The Morgan fingerprint density at radius 2 is 1.88 bits per heavy atom. The maximum atomic E-state index is 13.2. The number of aromatic nitrogens is 1. The fraction of sp³-hybridized carbons (Fsp3) is 0.167. The van der Waals surface area contributed by atoms with Crippen LogP contribution in [-0.4, -0.2) is 24.1 Å². The number of carboxylic acids is 1. The lowest BCUT2D eigenvalue weighted by atomic mass is 10.2. The van der Waals surface area contributed by atoms with Crippen molar-refractivity contribution < 1.29 is 18.3 Å². The Labute approximate surface area is 150 Å². The van der Waals surface area contributed by atoms with Crippen LogP contribution < -0.4 is 0 Å². The molecule has 0 aliphatic heterocycles. The van der Waals surface area contributed by atoms with Crippen molar-refractivity contribution in [3.05, 3.63) is 58.7 Å². The van der Waals surface area contributed by atoms with Crippen LogP contribution in [-0.2, 0) is 21.2 Å². The summed E-state index contributed by atoms with van der Waals surface area (Å²) in [5.74, 6) is -1.03. The zero-order chi connectivity index (χ0) is 18.4. The van der Waals surface area contributed by atoms with Gasteiger partial charge in [-0.05, 0) is 44.2 Å². The predicted octanol–water partition coefficient (Wildman–Crippen LogP) is 3.83. The number of aryl methyl sites for hydroxylation is 1. The van der Waals surface area contributed by atoms with Crippen LogP contribution in [0.3, 0.4) is 0 Å². The molecule has 1 aromatic heterocycles. The summed E-state index contributed by atoms with van der Waals surface area (Å²) in [6.45, 7) is 3.17. The Kier molecular flexibility index (Phi) is 4.34. The highest BCUT2D eigenvalue weighted by Crippen LogP contribution is 2.35. The smallest absolute Gasteiger partial charge is 0.323 e. The first kappa shape index (κ1) is 17.5. The van der Waals surface area contributed by atoms with E-state index >= 15 is 0 Å². The molecule has 7 heteroatoms. The number of sulfone groups is 1. The predicted molar refractivity (Wildman–Crippen MR) is 96.0 cm³/mol. The van der Waals surface area contributed by atoms with E-state index in [1.807, 2.05) is 13.0 Å². The summed E-state index contributed by atoms with van der Waals surface area (Å²) in [4.78, 5) is 11.4. The van der Waals surface area contributed by atoms with Gasteiger partial charge in [0.05, 0.1) is 10.4 Å². The highest BCUT2D eigenvalue weighted by atomic mass is 35.5. The molecule has 25 heavy (non-hydrogen) atoms. The van der Waals surface area contributed by atoms with Crippen LogP contribution in [0.25, 0.3) is 10.9 Å². The highest BCUT2D eigenvalue weighted by Gasteiger charge is 2.27. The molecule has 1 N–H and O–H groups in total. The topological polar surface area (TPSA) is 76.4 Å². The standard InChI is InChI=1S/C18H16ClNO4S/c1-11-6-7-16-15(8-11)18(12(2)20(16)10-17(21)22)25(23,24)14-5-3-4-13(19)9-14/h3-9H,10H2,1-2H3,(H,21,22). The summed E-state index contributed by atoms with van der Waals surface area (Å²) in [6, 6.07) is 11.4. The monoisotopic (exact) mass is 377 g/mol. The molecular weight excluding hydrogens is 362 g/mol. The first-order chi connectivity index (χ1) is 11.7. The average molecular weight is 378 g/mol. The van der Waals surface area contributed by atoms with Gasteiger partial charge in [-0.15, -0.1) is 0 Å². The minimum absolute atomic E-state index is 0.0824. The van der Waals surface area contributed by atoms with Crippen LogP contribution in [0.4, 0.5) is 0 Å². The molecular formula is C18H16ClNO4S. The van der Waals surface area contributed by atoms with Crippen LogP contribution in [0.2, 0.25) is 5.02 Å². The molecule has 5 nitrogen and oxygen atoms in total. The third-order valence-corrected chi connectivity index (χ3v) is 6.25. The Morgan fingerprint density at radius 3 is 2.52 bits per heavy atom. The second-order valence-corrected chi connectivity index (χ2v) is 8.20. The van der Waals surface area contributed by atoms with Crippen molar-refractivity contribution in [2.45, 2.75) is 30.2 Å². The Morgan fingerprint density at radius 1 is 1.16 bits per heavy atom. The molecule has 0 unspecified atom stereocenters. The summed E-state index contributed by atoms with van der Waals surface area (Å²) in [5.41, 5.74) is 1.86. The van der Waals surface area contributed by atoms with Crippen LogP contribution in [0, 0.1) is 13.8 Å². The molecule has 0 bridgehead atoms. The van der Waals surface area contributed by atoms with Crippen molar-refractivity contribution in [1.82, 2.24) is 4.57 Å². The number of hydrogen-bond acceptors (Lipinski definition) is 3. The van der Waals surface area contributed by atoms with Gasteiger partial charge < -0.3 is 9.67 Å². The molecule has 0 amide bonds. The van der Waals surface area contributed by atoms with E-state index in [0.717, 1.165) is 5.56 Å². The van der Waals surface area contributed by atoms with Crippen molar-refractivity contribution >= 4 is 38.3 Å². The molecule has 0 aliphatic carbocycles. The maximum absolute atomic E-state index is 13.2. The zero-order valence-corrected chi connectivity index (χ0v) is 15.2. The van der Waals surface area contributed by atoms with E-state index in [4.69, 9.17) is 11.6 Å². The summed E-state index contributed by atoms with van der Waals surface area (Å²) in [6.07, 6.45) is 0.